The summed E-state index contributed by atoms with van der Waals surface area (Å²) in [5.74, 6) is -1.62. The van der Waals surface area contributed by atoms with E-state index in [0.29, 0.717) is 65.3 Å². The van der Waals surface area contributed by atoms with Crippen LogP contribution in [-0.4, -0.2) is 105 Å². The summed E-state index contributed by atoms with van der Waals surface area (Å²) >= 11 is 0. The highest BCUT2D eigenvalue weighted by Gasteiger charge is 2.47. The lowest BCUT2D eigenvalue weighted by atomic mass is 9.78. The van der Waals surface area contributed by atoms with Crippen LogP contribution in [0, 0.1) is 0 Å². The molecule has 0 radical (unpaired) electrons. The lowest BCUT2D eigenvalue weighted by Gasteiger charge is -2.27. The Kier molecular flexibility index (Phi) is 12.7. The van der Waals surface area contributed by atoms with Gasteiger partial charge in [0.2, 0.25) is 5.69 Å². The second-order valence-corrected chi connectivity index (χ2v) is 23.7. The summed E-state index contributed by atoms with van der Waals surface area (Å²) in [6.45, 7) is 7.24. The number of hydrogen-bond donors (Lipinski definition) is 6. The summed E-state index contributed by atoms with van der Waals surface area (Å²) in [5.41, 5.74) is 0.431. The number of carboxylic acids is 1. The molecule has 6 rings (SSSR count). The first kappa shape index (κ1) is 48.8. The van der Waals surface area contributed by atoms with E-state index in [4.69, 9.17) is 0 Å². The zero-order chi connectivity index (χ0) is 47.7. The van der Waals surface area contributed by atoms with Crippen LogP contribution in [0.15, 0.2) is 92.0 Å². The SMILES string of the molecule is CC1(C)C(/C=C/C=C2/N(CCCCCC(=O)O)c3ccc4c(S(=O)(=O)O)cc(S(=O)(=O)O)cc4c3C2(C)C)=[N+](CCCS(=O)(=O)O)c2ccc3c(S(=O)(=O)O)cc(S(=O)(=O)O)cc3c21. The summed E-state index contributed by atoms with van der Waals surface area (Å²) in [7, 11) is -24.5. The molecule has 64 heavy (non-hydrogen) atoms. The van der Waals surface area contributed by atoms with Gasteiger partial charge in [-0.15, -0.1) is 0 Å². The predicted molar refractivity (Wildman–Crippen MR) is 235 cm³/mol. The van der Waals surface area contributed by atoms with Crippen LogP contribution in [0.3, 0.4) is 0 Å². The van der Waals surface area contributed by atoms with E-state index in [0.717, 1.165) is 12.1 Å². The number of hydrogen-bond acceptors (Lipinski definition) is 12. The fourth-order valence-corrected chi connectivity index (χ4v) is 12.0. The van der Waals surface area contributed by atoms with Crippen LogP contribution in [0.1, 0.15) is 70.9 Å². The van der Waals surface area contributed by atoms with Crippen molar-refractivity contribution in [1.29, 1.82) is 0 Å². The molecule has 0 bridgehead atoms. The number of unbranched alkanes of at least 4 members (excludes halogenated alkanes) is 2. The standard InChI is InChI=1S/C40H44N2O17S5/c1-39(2)34(41(17-7-5-6-12-36(43)44)30-15-13-26-28(37(30)39)20-24(61(48,49)50)22-32(26)63(54,55)56)10-8-11-35-40(3,4)38-29-21-25(62(51,52)53)23-33(64(57,58)59)27(29)14-16-31(38)42(35)18-9-19-60(45,46)47/h8,10-11,13-16,20-23H,5-7,9,12,17-19H2,1-4H3,(H5-,43,44,45,46,47,48,49,50,51,52,53,54,55,56,57,58,59)/p+1. The van der Waals surface area contributed by atoms with Gasteiger partial charge in [0.25, 0.3) is 50.6 Å². The van der Waals surface area contributed by atoms with Crippen LogP contribution < -0.4 is 4.90 Å². The summed E-state index contributed by atoms with van der Waals surface area (Å²) in [5, 5.41) is 9.17. The second-order valence-electron chi connectivity index (χ2n) is 16.5. The van der Waals surface area contributed by atoms with Crippen LogP contribution in [0.25, 0.3) is 21.5 Å². The number of anilines is 1. The van der Waals surface area contributed by atoms with Gasteiger partial charge in [0.15, 0.2) is 5.71 Å². The van der Waals surface area contributed by atoms with Gasteiger partial charge in [-0.05, 0) is 85.5 Å². The number of rotatable bonds is 16. The summed E-state index contributed by atoms with van der Waals surface area (Å²) in [6.07, 6.45) is 6.15. The molecule has 2 aliphatic rings. The first-order valence-corrected chi connectivity index (χ1v) is 26.7. The lowest BCUT2D eigenvalue weighted by molar-refractivity contribution is -0.437. The van der Waals surface area contributed by atoms with Crippen molar-refractivity contribution >= 4 is 95.2 Å². The molecule has 0 aromatic heterocycles. The van der Waals surface area contributed by atoms with E-state index in [1.54, 1.807) is 56.6 Å². The largest absolute Gasteiger partial charge is 0.481 e. The normalized spacial score (nSPS) is 17.3. The third kappa shape index (κ3) is 9.52. The van der Waals surface area contributed by atoms with Crippen LogP contribution in [0.5, 0.6) is 0 Å². The summed E-state index contributed by atoms with van der Waals surface area (Å²) < 4.78 is 175. The van der Waals surface area contributed by atoms with E-state index in [2.05, 4.69) is 0 Å². The highest BCUT2D eigenvalue weighted by molar-refractivity contribution is 7.87. The van der Waals surface area contributed by atoms with Gasteiger partial charge in [-0.1, -0.05) is 32.4 Å². The van der Waals surface area contributed by atoms with E-state index in [9.17, 15) is 74.8 Å². The number of nitrogens with zero attached hydrogens (tertiary/aromatic N) is 2. The molecule has 24 heteroatoms. The van der Waals surface area contributed by atoms with Gasteiger partial charge in [-0.25, -0.2) is 0 Å². The number of carboxylic acid groups (broad SMARTS) is 1. The molecule has 2 heterocycles. The number of benzene rings is 4. The Balaban J connectivity index is 1.57. The minimum Gasteiger partial charge on any atom is -0.481 e. The van der Waals surface area contributed by atoms with E-state index < -0.39 is 92.7 Å². The molecule has 2 aliphatic heterocycles. The minimum absolute atomic E-state index is 0.0219. The van der Waals surface area contributed by atoms with Gasteiger partial charge in [0.1, 0.15) is 16.3 Å². The van der Waals surface area contributed by atoms with Crippen molar-refractivity contribution in [2.45, 2.75) is 90.2 Å². The minimum atomic E-state index is -5.06. The Labute approximate surface area is 370 Å². The van der Waals surface area contributed by atoms with Crippen molar-refractivity contribution in [3.05, 3.63) is 83.6 Å². The maximum atomic E-state index is 12.6. The molecular formula is C40H45N2O17S5+. The Hall–Kier alpha value is -4.63. The van der Waals surface area contributed by atoms with E-state index in [1.165, 1.54) is 18.2 Å². The lowest BCUT2D eigenvalue weighted by Crippen LogP contribution is -2.29. The molecule has 0 aliphatic carbocycles. The number of aliphatic carboxylic acids is 1. The number of fused-ring (bicyclic) bond motifs is 6. The average Bonchev–Trinajstić information content (AvgIpc) is 3.49. The van der Waals surface area contributed by atoms with Gasteiger partial charge in [-0.2, -0.15) is 46.7 Å². The van der Waals surface area contributed by atoms with Crippen molar-refractivity contribution < 1.29 is 79.3 Å². The molecule has 0 saturated carbocycles. The molecule has 4 aromatic carbocycles. The molecule has 4 aromatic rings. The van der Waals surface area contributed by atoms with E-state index >= 15 is 0 Å². The molecular weight excluding hydrogens is 941 g/mol. The molecule has 0 saturated heterocycles. The average molecular weight is 986 g/mol. The van der Waals surface area contributed by atoms with Crippen LogP contribution >= 0.6 is 0 Å². The highest BCUT2D eigenvalue weighted by atomic mass is 32.2. The van der Waals surface area contributed by atoms with Crippen molar-refractivity contribution in [2.75, 3.05) is 23.7 Å². The van der Waals surface area contributed by atoms with Gasteiger partial charge < -0.3 is 10.0 Å². The van der Waals surface area contributed by atoms with Crippen molar-refractivity contribution in [2.24, 2.45) is 0 Å². The van der Waals surface area contributed by atoms with Gasteiger partial charge in [-0.3, -0.25) is 27.6 Å². The van der Waals surface area contributed by atoms with E-state index in [-0.39, 0.29) is 47.5 Å². The quantitative estimate of drug-likeness (QED) is 0.0457. The van der Waals surface area contributed by atoms with Crippen LogP contribution in [0.2, 0.25) is 0 Å². The van der Waals surface area contributed by atoms with E-state index in [1.807, 2.05) is 4.90 Å². The molecule has 0 amide bonds. The zero-order valence-electron chi connectivity index (χ0n) is 34.6. The smallest absolute Gasteiger partial charge is 0.303 e. The first-order chi connectivity index (χ1) is 29.3. The Morgan fingerprint density at radius 2 is 1.17 bits per heavy atom. The molecule has 0 unspecified atom stereocenters. The molecule has 0 spiro atoms. The first-order valence-electron chi connectivity index (χ1n) is 19.4. The molecule has 346 valence electrons. The topological polar surface area (TPSA) is 315 Å². The fourth-order valence-electron chi connectivity index (χ4n) is 8.84. The Morgan fingerprint density at radius 3 is 1.67 bits per heavy atom. The fraction of sp³-hybridized carbons (Fsp3) is 0.350. The third-order valence-corrected chi connectivity index (χ3v) is 15.8. The van der Waals surface area contributed by atoms with Crippen LogP contribution in [-0.2, 0) is 66.2 Å². The molecule has 0 fully saturated rings. The van der Waals surface area contributed by atoms with Crippen LogP contribution in [0.4, 0.5) is 11.4 Å². The van der Waals surface area contributed by atoms with Crippen molar-refractivity contribution in [3.8, 4) is 0 Å². The highest BCUT2D eigenvalue weighted by Crippen LogP contribution is 2.52. The third-order valence-electron chi connectivity index (χ3n) is 11.5. The number of carbonyl (C=O) groups is 1. The number of allylic oxidation sites excluding steroid dienone is 4. The monoisotopic (exact) mass is 985 g/mol. The van der Waals surface area contributed by atoms with Gasteiger partial charge >= 0.3 is 5.97 Å². The molecule has 6 N–H and O–H groups in total. The molecule has 0 atom stereocenters. The van der Waals surface area contributed by atoms with Crippen molar-refractivity contribution in [1.82, 2.24) is 0 Å². The maximum Gasteiger partial charge on any atom is 0.303 e. The Morgan fingerprint density at radius 1 is 0.641 bits per heavy atom. The summed E-state index contributed by atoms with van der Waals surface area (Å²) in [4.78, 5) is 9.94. The summed E-state index contributed by atoms with van der Waals surface area (Å²) in [6, 6.07) is 9.25. The van der Waals surface area contributed by atoms with Gasteiger partial charge in [0.05, 0.1) is 21.0 Å². The maximum absolute atomic E-state index is 12.6. The predicted octanol–water partition coefficient (Wildman–Crippen LogP) is 5.52. The Bertz CT molecular complexity index is 3340. The van der Waals surface area contributed by atoms with Crippen molar-refractivity contribution in [3.63, 3.8) is 0 Å². The van der Waals surface area contributed by atoms with Gasteiger partial charge in [0, 0.05) is 64.7 Å². The zero-order valence-corrected chi connectivity index (χ0v) is 38.7. The molecule has 19 nitrogen and oxygen atoms in total. The second kappa shape index (κ2) is 16.7.